The van der Waals surface area contributed by atoms with E-state index in [0.29, 0.717) is 28.8 Å². The smallest absolute Gasteiger partial charge is 0.230 e. The van der Waals surface area contributed by atoms with Gasteiger partial charge in [0.2, 0.25) is 5.91 Å². The van der Waals surface area contributed by atoms with Crippen LogP contribution in [0.25, 0.3) is 0 Å². The summed E-state index contributed by atoms with van der Waals surface area (Å²) in [6.45, 7) is 10.5. The summed E-state index contributed by atoms with van der Waals surface area (Å²) in [5.41, 5.74) is 3.11. The van der Waals surface area contributed by atoms with Gasteiger partial charge < -0.3 is 5.32 Å². The fourth-order valence-corrected chi connectivity index (χ4v) is 3.72. The molecule has 5 heteroatoms. The van der Waals surface area contributed by atoms with Gasteiger partial charge in [0.05, 0.1) is 5.75 Å². The molecule has 1 aliphatic rings. The predicted octanol–water partition coefficient (Wildman–Crippen LogP) is 3.43. The van der Waals surface area contributed by atoms with E-state index in [9.17, 15) is 4.79 Å². The van der Waals surface area contributed by atoms with Crippen molar-refractivity contribution in [1.29, 1.82) is 0 Å². The van der Waals surface area contributed by atoms with Crippen LogP contribution in [-0.2, 0) is 4.79 Å². The first-order chi connectivity index (χ1) is 10.4. The predicted molar refractivity (Wildman–Crippen MR) is 91.1 cm³/mol. The zero-order valence-electron chi connectivity index (χ0n) is 14.3. The lowest BCUT2D eigenvalue weighted by Crippen LogP contribution is -2.44. The van der Waals surface area contributed by atoms with Crippen LogP contribution in [-0.4, -0.2) is 27.7 Å². The summed E-state index contributed by atoms with van der Waals surface area (Å²) in [6.07, 6.45) is 3.59. The summed E-state index contributed by atoms with van der Waals surface area (Å²) >= 11 is 1.42. The van der Waals surface area contributed by atoms with E-state index in [0.717, 1.165) is 23.4 Å². The summed E-state index contributed by atoms with van der Waals surface area (Å²) in [7, 11) is 0. The molecule has 0 radical (unpaired) electrons. The molecule has 0 aromatic carbocycles. The Kier molecular flexibility index (Phi) is 5.84. The molecule has 1 amide bonds. The minimum absolute atomic E-state index is 0.0930. The lowest BCUT2D eigenvalue weighted by atomic mass is 9.78. The van der Waals surface area contributed by atoms with Gasteiger partial charge >= 0.3 is 0 Å². The number of nitrogens with one attached hydrogen (secondary N) is 1. The van der Waals surface area contributed by atoms with Crippen LogP contribution < -0.4 is 5.32 Å². The van der Waals surface area contributed by atoms with Crippen molar-refractivity contribution in [3.63, 3.8) is 0 Å². The number of thioether (sulfide) groups is 1. The summed E-state index contributed by atoms with van der Waals surface area (Å²) < 4.78 is 0. The number of aromatic nitrogens is 2. The molecule has 1 aliphatic carbocycles. The number of carbonyl (C=O) groups is 1. The van der Waals surface area contributed by atoms with Gasteiger partial charge in [-0.15, -0.1) is 0 Å². The van der Waals surface area contributed by atoms with Gasteiger partial charge in [-0.1, -0.05) is 38.5 Å². The Labute approximate surface area is 137 Å². The van der Waals surface area contributed by atoms with Crippen LogP contribution in [0.4, 0.5) is 0 Å². The Morgan fingerprint density at radius 2 is 1.82 bits per heavy atom. The Bertz CT molecular complexity index is 524. The molecule has 0 aliphatic heterocycles. The van der Waals surface area contributed by atoms with Gasteiger partial charge in [0.1, 0.15) is 0 Å². The second kappa shape index (κ2) is 7.44. The van der Waals surface area contributed by atoms with E-state index in [1.165, 1.54) is 24.6 Å². The maximum atomic E-state index is 12.2. The van der Waals surface area contributed by atoms with E-state index in [1.54, 1.807) is 0 Å². The van der Waals surface area contributed by atoms with Crippen LogP contribution in [0.2, 0.25) is 0 Å². The number of amides is 1. The lowest BCUT2D eigenvalue weighted by Gasteiger charge is -2.34. The Morgan fingerprint density at radius 3 is 2.45 bits per heavy atom. The fraction of sp³-hybridized carbons (Fsp3) is 0.706. The maximum absolute atomic E-state index is 12.2. The van der Waals surface area contributed by atoms with Gasteiger partial charge in [-0.3, -0.25) is 4.79 Å². The number of rotatable bonds is 4. The third kappa shape index (κ3) is 4.22. The van der Waals surface area contributed by atoms with E-state index < -0.39 is 0 Å². The highest BCUT2D eigenvalue weighted by Crippen LogP contribution is 2.29. The summed E-state index contributed by atoms with van der Waals surface area (Å²) in [5.74, 6) is 1.73. The monoisotopic (exact) mass is 321 g/mol. The lowest BCUT2D eigenvalue weighted by molar-refractivity contribution is -0.120. The third-order valence-electron chi connectivity index (χ3n) is 5.00. The second-order valence-electron chi connectivity index (χ2n) is 6.53. The molecule has 22 heavy (non-hydrogen) atoms. The molecular formula is C17H27N3OS. The molecule has 0 spiro atoms. The van der Waals surface area contributed by atoms with Crippen LogP contribution in [0.1, 0.15) is 50.1 Å². The molecule has 3 atom stereocenters. The van der Waals surface area contributed by atoms with E-state index in [1.807, 2.05) is 20.8 Å². The van der Waals surface area contributed by atoms with Gasteiger partial charge in [0.15, 0.2) is 5.16 Å². The average molecular weight is 321 g/mol. The summed E-state index contributed by atoms with van der Waals surface area (Å²) in [6, 6.07) is 0.319. The highest BCUT2D eigenvalue weighted by molar-refractivity contribution is 7.99. The Hall–Kier alpha value is -1.10. The van der Waals surface area contributed by atoms with Crippen molar-refractivity contribution in [3.8, 4) is 0 Å². The fourth-order valence-electron chi connectivity index (χ4n) is 2.97. The quantitative estimate of drug-likeness (QED) is 0.682. The number of nitrogens with zero attached hydrogens (tertiary/aromatic N) is 2. The largest absolute Gasteiger partial charge is 0.352 e. The first kappa shape index (κ1) is 17.3. The van der Waals surface area contributed by atoms with Crippen molar-refractivity contribution in [2.45, 2.75) is 65.1 Å². The third-order valence-corrected chi connectivity index (χ3v) is 5.84. The maximum Gasteiger partial charge on any atom is 0.230 e. The molecule has 4 nitrogen and oxygen atoms in total. The van der Waals surface area contributed by atoms with E-state index in [4.69, 9.17) is 0 Å². The zero-order chi connectivity index (χ0) is 16.3. The number of hydrogen-bond donors (Lipinski definition) is 1. The molecule has 2 rings (SSSR count). The van der Waals surface area contributed by atoms with Crippen LogP contribution in [0.3, 0.4) is 0 Å². The van der Waals surface area contributed by atoms with Crippen LogP contribution in [0, 0.1) is 32.6 Å². The first-order valence-electron chi connectivity index (χ1n) is 8.12. The molecule has 0 saturated heterocycles. The zero-order valence-corrected chi connectivity index (χ0v) is 15.1. The highest BCUT2D eigenvalue weighted by atomic mass is 32.2. The molecule has 1 aromatic heterocycles. The molecule has 0 bridgehead atoms. The van der Waals surface area contributed by atoms with E-state index in [-0.39, 0.29) is 5.91 Å². The van der Waals surface area contributed by atoms with Crippen LogP contribution in [0.5, 0.6) is 0 Å². The second-order valence-corrected chi connectivity index (χ2v) is 7.47. The van der Waals surface area contributed by atoms with Crippen molar-refractivity contribution in [3.05, 3.63) is 17.0 Å². The number of aryl methyl sites for hydroxylation is 2. The van der Waals surface area contributed by atoms with Crippen LogP contribution >= 0.6 is 11.8 Å². The standard InChI is InChI=1S/C17H27N3OS/c1-10-7-6-8-15(11(10)2)20-16(21)9-22-17-18-13(4)12(3)14(5)19-17/h10-11,15H,6-9H2,1-5H3,(H,20,21)/t10-,11+,15-/m0/s1. The van der Waals surface area contributed by atoms with Crippen molar-refractivity contribution < 1.29 is 4.79 Å². The van der Waals surface area contributed by atoms with E-state index >= 15 is 0 Å². The number of carbonyl (C=O) groups excluding carboxylic acids is 1. The van der Waals surface area contributed by atoms with Crippen molar-refractivity contribution in [2.24, 2.45) is 11.8 Å². The first-order valence-corrected chi connectivity index (χ1v) is 9.11. The Balaban J connectivity index is 1.88. The molecule has 1 N–H and O–H groups in total. The summed E-state index contributed by atoms with van der Waals surface area (Å²) in [5, 5.41) is 3.89. The highest BCUT2D eigenvalue weighted by Gasteiger charge is 2.28. The van der Waals surface area contributed by atoms with Crippen molar-refractivity contribution in [1.82, 2.24) is 15.3 Å². The molecule has 122 valence electrons. The molecule has 1 fully saturated rings. The molecule has 1 heterocycles. The molecule has 0 unspecified atom stereocenters. The van der Waals surface area contributed by atoms with Gasteiger partial charge in [-0.05, 0) is 44.6 Å². The van der Waals surface area contributed by atoms with Crippen LogP contribution in [0.15, 0.2) is 5.16 Å². The van der Waals surface area contributed by atoms with E-state index in [2.05, 4.69) is 29.1 Å². The van der Waals surface area contributed by atoms with Gasteiger partial charge in [0, 0.05) is 17.4 Å². The minimum atomic E-state index is 0.0930. The molecular weight excluding hydrogens is 294 g/mol. The van der Waals surface area contributed by atoms with Gasteiger partial charge in [-0.2, -0.15) is 0 Å². The molecule has 1 saturated carbocycles. The van der Waals surface area contributed by atoms with Crippen molar-refractivity contribution in [2.75, 3.05) is 5.75 Å². The minimum Gasteiger partial charge on any atom is -0.352 e. The number of hydrogen-bond acceptors (Lipinski definition) is 4. The normalized spacial score (nSPS) is 25.0. The average Bonchev–Trinajstić information content (AvgIpc) is 2.47. The topological polar surface area (TPSA) is 54.9 Å². The Morgan fingerprint density at radius 1 is 1.18 bits per heavy atom. The van der Waals surface area contributed by atoms with Gasteiger partial charge in [-0.25, -0.2) is 9.97 Å². The summed E-state index contributed by atoms with van der Waals surface area (Å²) in [4.78, 5) is 21.1. The SMILES string of the molecule is Cc1nc(SCC(=O)N[C@H]2CCC[C@H](C)[C@H]2C)nc(C)c1C. The van der Waals surface area contributed by atoms with Gasteiger partial charge in [0.25, 0.3) is 0 Å². The molecule has 1 aromatic rings. The van der Waals surface area contributed by atoms with Crippen molar-refractivity contribution >= 4 is 17.7 Å².